The Morgan fingerprint density at radius 1 is 1.33 bits per heavy atom. The molecule has 1 atom stereocenters. The van der Waals surface area contributed by atoms with Gasteiger partial charge in [-0.3, -0.25) is 15.6 Å². The van der Waals surface area contributed by atoms with E-state index < -0.39 is 6.10 Å². The minimum atomic E-state index is -0.703. The number of carbonyl (C=O) groups is 1. The number of aliphatic hydroxyl groups is 1. The van der Waals surface area contributed by atoms with Gasteiger partial charge in [0.2, 0.25) is 5.91 Å². The molecule has 8 heteroatoms. The van der Waals surface area contributed by atoms with Gasteiger partial charge in [0.15, 0.2) is 16.6 Å². The number of anilines is 1. The van der Waals surface area contributed by atoms with Crippen LogP contribution >= 0.6 is 12.2 Å². The van der Waals surface area contributed by atoms with Crippen LogP contribution in [0.2, 0.25) is 0 Å². The number of hydrogen-bond donors (Lipinski definition) is 4. The highest BCUT2D eigenvalue weighted by Gasteiger charge is 2.12. The molecule has 0 fully saturated rings. The third kappa shape index (κ3) is 4.76. The number of thiocarbonyl (C=S) groups is 1. The van der Waals surface area contributed by atoms with Crippen molar-refractivity contribution in [3.8, 4) is 11.5 Å². The standard InChI is InChI=1S/C13H17N3O4S/c1-8(17)6-12(18)15-16-13(21)14-9-2-3-10-11(7-9)20-5-4-19-10/h2-3,7-8,17H,4-6H2,1H3,(H,15,18)(H2,14,16,21)/t8-/m1/s1. The van der Waals surface area contributed by atoms with Gasteiger partial charge in [-0.2, -0.15) is 0 Å². The van der Waals surface area contributed by atoms with Crippen molar-refractivity contribution in [2.75, 3.05) is 18.5 Å². The van der Waals surface area contributed by atoms with Gasteiger partial charge in [0.05, 0.1) is 12.5 Å². The smallest absolute Gasteiger partial charge is 0.240 e. The molecule has 7 nitrogen and oxygen atoms in total. The molecule has 1 aromatic carbocycles. The van der Waals surface area contributed by atoms with Crippen LogP contribution in [0.5, 0.6) is 11.5 Å². The van der Waals surface area contributed by atoms with E-state index in [-0.39, 0.29) is 17.4 Å². The Morgan fingerprint density at radius 3 is 2.76 bits per heavy atom. The van der Waals surface area contributed by atoms with E-state index in [0.717, 1.165) is 0 Å². The SMILES string of the molecule is C[C@@H](O)CC(=O)NNC(=S)Nc1ccc2c(c1)OCCO2. The number of nitrogens with one attached hydrogen (secondary N) is 3. The fourth-order valence-electron chi connectivity index (χ4n) is 1.73. The Bertz CT molecular complexity index is 536. The number of rotatable bonds is 3. The molecule has 1 aromatic rings. The van der Waals surface area contributed by atoms with E-state index in [9.17, 15) is 4.79 Å². The summed E-state index contributed by atoms with van der Waals surface area (Å²) in [6, 6.07) is 5.34. The number of hydrazine groups is 1. The van der Waals surface area contributed by atoms with E-state index >= 15 is 0 Å². The molecule has 0 aromatic heterocycles. The second-order valence-corrected chi connectivity index (χ2v) is 4.95. The number of carbonyl (C=O) groups excluding carboxylic acids is 1. The van der Waals surface area contributed by atoms with Crippen LogP contribution in [0.25, 0.3) is 0 Å². The second kappa shape index (κ2) is 7.09. The van der Waals surface area contributed by atoms with Gasteiger partial charge in [0, 0.05) is 11.8 Å². The maximum absolute atomic E-state index is 11.3. The van der Waals surface area contributed by atoms with Gasteiger partial charge in [0.1, 0.15) is 13.2 Å². The summed E-state index contributed by atoms with van der Waals surface area (Å²) in [4.78, 5) is 11.3. The van der Waals surface area contributed by atoms with E-state index in [4.69, 9.17) is 26.8 Å². The van der Waals surface area contributed by atoms with Crippen LogP contribution < -0.4 is 25.6 Å². The van der Waals surface area contributed by atoms with Gasteiger partial charge in [-0.1, -0.05) is 0 Å². The van der Waals surface area contributed by atoms with Crippen LogP contribution in [0, 0.1) is 0 Å². The summed E-state index contributed by atoms with van der Waals surface area (Å²) in [6.45, 7) is 2.58. The zero-order valence-corrected chi connectivity index (χ0v) is 12.3. The fourth-order valence-corrected chi connectivity index (χ4v) is 1.90. The number of ether oxygens (including phenoxy) is 2. The van der Waals surface area contributed by atoms with Crippen LogP contribution in [0.1, 0.15) is 13.3 Å². The Morgan fingerprint density at radius 2 is 2.05 bits per heavy atom. The summed E-state index contributed by atoms with van der Waals surface area (Å²) in [6.07, 6.45) is -0.703. The second-order valence-electron chi connectivity index (χ2n) is 4.54. The first kappa shape index (κ1) is 15.3. The fraction of sp³-hybridized carbons (Fsp3) is 0.385. The van der Waals surface area contributed by atoms with Crippen LogP contribution in [-0.2, 0) is 4.79 Å². The Labute approximate surface area is 127 Å². The van der Waals surface area contributed by atoms with Gasteiger partial charge in [-0.25, -0.2) is 0 Å². The lowest BCUT2D eigenvalue weighted by Gasteiger charge is -2.19. The minimum Gasteiger partial charge on any atom is -0.486 e. The summed E-state index contributed by atoms with van der Waals surface area (Å²) in [5.74, 6) is 0.986. The average Bonchev–Trinajstić information content (AvgIpc) is 2.44. The maximum Gasteiger partial charge on any atom is 0.240 e. The molecule has 0 bridgehead atoms. The third-order valence-electron chi connectivity index (χ3n) is 2.60. The lowest BCUT2D eigenvalue weighted by atomic mass is 10.2. The molecule has 0 saturated heterocycles. The first-order valence-corrected chi connectivity index (χ1v) is 6.89. The number of aliphatic hydroxyl groups excluding tert-OH is 1. The monoisotopic (exact) mass is 311 g/mol. The van der Waals surface area contributed by atoms with Crippen molar-refractivity contribution in [1.82, 2.24) is 10.9 Å². The van der Waals surface area contributed by atoms with E-state index in [2.05, 4.69) is 16.2 Å². The molecular weight excluding hydrogens is 294 g/mol. The molecule has 0 unspecified atom stereocenters. The molecule has 1 aliphatic rings. The molecule has 1 heterocycles. The van der Waals surface area contributed by atoms with Gasteiger partial charge < -0.3 is 19.9 Å². The van der Waals surface area contributed by atoms with Crippen molar-refractivity contribution in [1.29, 1.82) is 0 Å². The van der Waals surface area contributed by atoms with E-state index in [0.29, 0.717) is 30.4 Å². The lowest BCUT2D eigenvalue weighted by Crippen LogP contribution is -2.44. The summed E-state index contributed by atoms with van der Waals surface area (Å²) in [5, 5.41) is 12.2. The van der Waals surface area contributed by atoms with Crippen molar-refractivity contribution in [3.05, 3.63) is 18.2 Å². The number of hydrogen-bond acceptors (Lipinski definition) is 5. The van der Waals surface area contributed by atoms with E-state index in [1.807, 2.05) is 0 Å². The van der Waals surface area contributed by atoms with Gasteiger partial charge >= 0.3 is 0 Å². The van der Waals surface area contributed by atoms with Crippen LogP contribution in [0.4, 0.5) is 5.69 Å². The van der Waals surface area contributed by atoms with Crippen molar-refractivity contribution < 1.29 is 19.4 Å². The van der Waals surface area contributed by atoms with Gasteiger partial charge in [0.25, 0.3) is 0 Å². The molecule has 0 saturated carbocycles. The summed E-state index contributed by atoms with van der Waals surface area (Å²) in [7, 11) is 0. The third-order valence-corrected chi connectivity index (χ3v) is 2.80. The minimum absolute atomic E-state index is 0.000360. The molecule has 2 rings (SSSR count). The largest absolute Gasteiger partial charge is 0.486 e. The predicted octanol–water partition coefficient (Wildman–Crippen LogP) is 0.546. The van der Waals surface area contributed by atoms with Gasteiger partial charge in [-0.05, 0) is 31.3 Å². The van der Waals surface area contributed by atoms with E-state index in [1.165, 1.54) is 6.92 Å². The molecule has 1 aliphatic heterocycles. The zero-order chi connectivity index (χ0) is 15.2. The Hall–Kier alpha value is -2.06. The molecule has 114 valence electrons. The van der Waals surface area contributed by atoms with E-state index in [1.54, 1.807) is 18.2 Å². The Balaban J connectivity index is 1.84. The van der Waals surface area contributed by atoms with Crippen LogP contribution in [0.15, 0.2) is 18.2 Å². The first-order chi connectivity index (χ1) is 10.0. The highest BCUT2D eigenvalue weighted by Crippen LogP contribution is 2.32. The highest BCUT2D eigenvalue weighted by molar-refractivity contribution is 7.80. The molecule has 0 aliphatic carbocycles. The Kier molecular flexibility index (Phi) is 5.18. The molecule has 21 heavy (non-hydrogen) atoms. The zero-order valence-electron chi connectivity index (χ0n) is 11.5. The van der Waals surface area contributed by atoms with Crippen molar-refractivity contribution >= 4 is 28.9 Å². The van der Waals surface area contributed by atoms with Crippen molar-refractivity contribution in [2.24, 2.45) is 0 Å². The summed E-state index contributed by atoms with van der Waals surface area (Å²) in [5.41, 5.74) is 5.65. The average molecular weight is 311 g/mol. The van der Waals surface area contributed by atoms with Crippen LogP contribution in [-0.4, -0.2) is 35.4 Å². The topological polar surface area (TPSA) is 91.9 Å². The molecule has 0 radical (unpaired) electrons. The quantitative estimate of drug-likeness (QED) is 0.478. The predicted molar refractivity (Wildman–Crippen MR) is 81.2 cm³/mol. The number of benzene rings is 1. The summed E-state index contributed by atoms with van der Waals surface area (Å²) < 4.78 is 10.9. The first-order valence-electron chi connectivity index (χ1n) is 6.48. The van der Waals surface area contributed by atoms with Crippen LogP contribution in [0.3, 0.4) is 0 Å². The number of fused-ring (bicyclic) bond motifs is 1. The highest BCUT2D eigenvalue weighted by atomic mass is 32.1. The normalized spacial score (nSPS) is 14.0. The maximum atomic E-state index is 11.3. The number of amides is 1. The molecule has 0 spiro atoms. The molecule has 1 amide bonds. The van der Waals surface area contributed by atoms with Crippen molar-refractivity contribution in [3.63, 3.8) is 0 Å². The van der Waals surface area contributed by atoms with Gasteiger partial charge in [-0.15, -0.1) is 0 Å². The lowest BCUT2D eigenvalue weighted by molar-refractivity contribution is -0.123. The molecule has 4 N–H and O–H groups in total. The summed E-state index contributed by atoms with van der Waals surface area (Å²) >= 11 is 5.05. The molecular formula is C13H17N3O4S. The van der Waals surface area contributed by atoms with Crippen molar-refractivity contribution in [2.45, 2.75) is 19.4 Å².